The fourth-order valence-electron chi connectivity index (χ4n) is 3.77. The molecule has 0 unspecified atom stereocenters. The number of alkyl halides is 3. The van der Waals surface area contributed by atoms with Gasteiger partial charge in [-0.1, -0.05) is 6.42 Å². The number of amides is 1. The molecule has 2 atom stereocenters. The first-order valence-electron chi connectivity index (χ1n) is 7.30. The van der Waals surface area contributed by atoms with E-state index in [9.17, 15) is 27.9 Å². The summed E-state index contributed by atoms with van der Waals surface area (Å²) in [5.74, 6) is -1.98. The van der Waals surface area contributed by atoms with E-state index in [4.69, 9.17) is 0 Å². The van der Waals surface area contributed by atoms with Crippen LogP contribution in [-0.4, -0.2) is 40.0 Å². The minimum atomic E-state index is -4.73. The SMILES string of the molecule is O=C(c1cccnc1C(F)(F)F)N1C[C@@H]2CCC[C@@]2(C(=O)O)C1. The van der Waals surface area contributed by atoms with Crippen molar-refractivity contribution in [3.8, 4) is 0 Å². The van der Waals surface area contributed by atoms with E-state index in [2.05, 4.69) is 4.98 Å². The first-order valence-corrected chi connectivity index (χ1v) is 7.30. The van der Waals surface area contributed by atoms with E-state index >= 15 is 0 Å². The van der Waals surface area contributed by atoms with Gasteiger partial charge in [-0.15, -0.1) is 0 Å². The standard InChI is InChI=1S/C15H15F3N2O3/c16-15(17,18)11-10(4-2-6-19-11)12(21)20-7-9-3-1-5-14(9,8-20)13(22)23/h2,4,6,9H,1,3,5,7-8H2,(H,22,23)/t9-,14+/m0/s1. The molecule has 0 bridgehead atoms. The fourth-order valence-corrected chi connectivity index (χ4v) is 3.77. The number of hydrogen-bond donors (Lipinski definition) is 1. The topological polar surface area (TPSA) is 70.5 Å². The number of carboxylic acids is 1. The number of halogens is 3. The van der Waals surface area contributed by atoms with Gasteiger partial charge in [-0.2, -0.15) is 13.2 Å². The molecule has 23 heavy (non-hydrogen) atoms. The van der Waals surface area contributed by atoms with Gasteiger partial charge in [0, 0.05) is 19.3 Å². The number of fused-ring (bicyclic) bond motifs is 1. The van der Waals surface area contributed by atoms with Crippen LogP contribution >= 0.6 is 0 Å². The van der Waals surface area contributed by atoms with Crippen molar-refractivity contribution in [3.05, 3.63) is 29.6 Å². The van der Waals surface area contributed by atoms with E-state index in [1.165, 1.54) is 11.0 Å². The van der Waals surface area contributed by atoms with Crippen molar-refractivity contribution in [2.75, 3.05) is 13.1 Å². The predicted molar refractivity (Wildman–Crippen MR) is 72.6 cm³/mol. The van der Waals surface area contributed by atoms with Gasteiger partial charge in [0.05, 0.1) is 11.0 Å². The number of rotatable bonds is 2. The van der Waals surface area contributed by atoms with Crippen LogP contribution in [0.25, 0.3) is 0 Å². The molecule has 124 valence electrons. The van der Waals surface area contributed by atoms with E-state index in [1.54, 1.807) is 0 Å². The number of carbonyl (C=O) groups excluding carboxylic acids is 1. The van der Waals surface area contributed by atoms with E-state index in [1.807, 2.05) is 0 Å². The summed E-state index contributed by atoms with van der Waals surface area (Å²) in [6.45, 7) is 0.134. The second-order valence-corrected chi connectivity index (χ2v) is 6.13. The van der Waals surface area contributed by atoms with Gasteiger partial charge in [-0.3, -0.25) is 14.6 Å². The Hall–Kier alpha value is -2.12. The Morgan fingerprint density at radius 3 is 2.74 bits per heavy atom. The summed E-state index contributed by atoms with van der Waals surface area (Å²) in [5, 5.41) is 9.50. The van der Waals surface area contributed by atoms with Gasteiger partial charge in [0.25, 0.3) is 5.91 Å². The molecule has 1 saturated carbocycles. The monoisotopic (exact) mass is 328 g/mol. The molecule has 8 heteroatoms. The molecule has 2 aliphatic rings. The highest BCUT2D eigenvalue weighted by Gasteiger charge is 2.56. The van der Waals surface area contributed by atoms with Crippen LogP contribution in [0.2, 0.25) is 0 Å². The van der Waals surface area contributed by atoms with Crippen LogP contribution in [0.4, 0.5) is 13.2 Å². The van der Waals surface area contributed by atoms with Gasteiger partial charge in [0.15, 0.2) is 5.69 Å². The molecule has 5 nitrogen and oxygen atoms in total. The largest absolute Gasteiger partial charge is 0.481 e. The zero-order valence-corrected chi connectivity index (χ0v) is 12.1. The third-order valence-electron chi connectivity index (χ3n) is 4.89. The Labute approximate surface area is 130 Å². The average Bonchev–Trinajstić information content (AvgIpc) is 3.03. The fraction of sp³-hybridized carbons (Fsp3) is 0.533. The van der Waals surface area contributed by atoms with Crippen molar-refractivity contribution in [1.29, 1.82) is 0 Å². The molecular weight excluding hydrogens is 313 g/mol. The van der Waals surface area contributed by atoms with E-state index in [0.717, 1.165) is 18.7 Å². The number of nitrogens with zero attached hydrogens (tertiary/aromatic N) is 2. The number of pyridine rings is 1. The summed E-state index contributed by atoms with van der Waals surface area (Å²) in [5.41, 5.74) is -2.78. The summed E-state index contributed by atoms with van der Waals surface area (Å²) >= 11 is 0. The Balaban J connectivity index is 1.91. The van der Waals surface area contributed by atoms with Crippen molar-refractivity contribution < 1.29 is 27.9 Å². The molecule has 2 fully saturated rings. The van der Waals surface area contributed by atoms with E-state index in [-0.39, 0.29) is 19.0 Å². The first-order chi connectivity index (χ1) is 10.8. The second kappa shape index (κ2) is 5.21. The molecule has 3 rings (SSSR count). The van der Waals surface area contributed by atoms with E-state index < -0.39 is 34.7 Å². The lowest BCUT2D eigenvalue weighted by Gasteiger charge is -2.23. The molecule has 0 radical (unpaired) electrons. The molecule has 1 aliphatic carbocycles. The summed E-state index contributed by atoms with van der Waals surface area (Å²) < 4.78 is 39.0. The van der Waals surface area contributed by atoms with Crippen LogP contribution in [0.15, 0.2) is 18.3 Å². The number of likely N-dealkylation sites (tertiary alicyclic amines) is 1. The van der Waals surface area contributed by atoms with Crippen LogP contribution < -0.4 is 0 Å². The Bertz CT molecular complexity index is 662. The maximum Gasteiger partial charge on any atom is 0.434 e. The molecule has 0 spiro atoms. The number of carbonyl (C=O) groups is 2. The summed E-state index contributed by atoms with van der Waals surface area (Å²) in [6.07, 6.45) is -1.85. The van der Waals surface area contributed by atoms with Crippen LogP contribution in [-0.2, 0) is 11.0 Å². The zero-order chi connectivity index (χ0) is 16.8. The third kappa shape index (κ3) is 2.46. The quantitative estimate of drug-likeness (QED) is 0.905. The van der Waals surface area contributed by atoms with Gasteiger partial charge in [0.1, 0.15) is 0 Å². The lowest BCUT2D eigenvalue weighted by Crippen LogP contribution is -2.37. The highest BCUT2D eigenvalue weighted by molar-refractivity contribution is 5.96. The van der Waals surface area contributed by atoms with Crippen LogP contribution in [0.1, 0.15) is 35.3 Å². The van der Waals surface area contributed by atoms with Gasteiger partial charge in [-0.25, -0.2) is 0 Å². The first kappa shape index (κ1) is 15.8. The second-order valence-electron chi connectivity index (χ2n) is 6.13. The average molecular weight is 328 g/mol. The third-order valence-corrected chi connectivity index (χ3v) is 4.89. The summed E-state index contributed by atoms with van der Waals surface area (Å²) in [4.78, 5) is 28.6. The van der Waals surface area contributed by atoms with E-state index in [0.29, 0.717) is 12.8 Å². The Kier molecular flexibility index (Phi) is 3.57. The molecule has 1 saturated heterocycles. The normalized spacial score (nSPS) is 27.1. The predicted octanol–water partition coefficient (Wildman–Crippen LogP) is 2.43. The summed E-state index contributed by atoms with van der Waals surface area (Å²) in [7, 11) is 0. The number of hydrogen-bond acceptors (Lipinski definition) is 3. The Morgan fingerprint density at radius 1 is 1.39 bits per heavy atom. The molecule has 1 amide bonds. The minimum absolute atomic E-state index is 0.0436. The molecule has 1 aliphatic heterocycles. The lowest BCUT2D eigenvalue weighted by molar-refractivity contribution is -0.149. The maximum atomic E-state index is 13.0. The zero-order valence-electron chi connectivity index (χ0n) is 12.1. The highest BCUT2D eigenvalue weighted by Crippen LogP contribution is 2.49. The number of aromatic nitrogens is 1. The van der Waals surface area contributed by atoms with Crippen LogP contribution in [0.5, 0.6) is 0 Å². The Morgan fingerprint density at radius 2 is 2.13 bits per heavy atom. The van der Waals surface area contributed by atoms with Gasteiger partial charge in [0.2, 0.25) is 0 Å². The van der Waals surface area contributed by atoms with Gasteiger partial charge < -0.3 is 10.0 Å². The van der Waals surface area contributed by atoms with Crippen molar-refractivity contribution in [3.63, 3.8) is 0 Å². The van der Waals surface area contributed by atoms with Gasteiger partial charge >= 0.3 is 12.1 Å². The highest BCUT2D eigenvalue weighted by atomic mass is 19.4. The molecule has 1 N–H and O–H groups in total. The smallest absolute Gasteiger partial charge is 0.434 e. The molecular formula is C15H15F3N2O3. The number of carboxylic acid groups (broad SMARTS) is 1. The number of aliphatic carboxylic acids is 1. The molecule has 0 aromatic carbocycles. The van der Waals surface area contributed by atoms with Crippen molar-refractivity contribution in [2.45, 2.75) is 25.4 Å². The van der Waals surface area contributed by atoms with Crippen LogP contribution in [0, 0.1) is 11.3 Å². The van der Waals surface area contributed by atoms with Crippen molar-refractivity contribution >= 4 is 11.9 Å². The molecule has 1 aromatic rings. The van der Waals surface area contributed by atoms with Gasteiger partial charge in [-0.05, 0) is 30.9 Å². The van der Waals surface area contributed by atoms with Crippen LogP contribution in [0.3, 0.4) is 0 Å². The maximum absolute atomic E-state index is 13.0. The molecule has 1 aromatic heterocycles. The minimum Gasteiger partial charge on any atom is -0.481 e. The summed E-state index contributed by atoms with van der Waals surface area (Å²) in [6, 6.07) is 2.35. The lowest BCUT2D eigenvalue weighted by atomic mass is 9.81. The van der Waals surface area contributed by atoms with Crippen molar-refractivity contribution in [1.82, 2.24) is 9.88 Å². The van der Waals surface area contributed by atoms with Crippen molar-refractivity contribution in [2.24, 2.45) is 11.3 Å². The molecule has 2 heterocycles.